The normalized spacial score (nSPS) is 11.4. The highest BCUT2D eigenvalue weighted by Gasteiger charge is 2.30. The van der Waals surface area contributed by atoms with Gasteiger partial charge in [-0.2, -0.15) is 13.2 Å². The fourth-order valence-electron chi connectivity index (χ4n) is 1.99. The second-order valence-corrected chi connectivity index (χ2v) is 5.67. The van der Waals surface area contributed by atoms with Gasteiger partial charge in [-0.25, -0.2) is 0 Å². The Balaban J connectivity index is 1.86. The average Bonchev–Trinajstić information content (AvgIpc) is 2.45. The van der Waals surface area contributed by atoms with E-state index in [0.717, 1.165) is 12.8 Å². The molecule has 0 amide bonds. The molecule has 0 radical (unpaired) electrons. The molecule has 2 aromatic carbocycles. The van der Waals surface area contributed by atoms with Gasteiger partial charge < -0.3 is 5.32 Å². The summed E-state index contributed by atoms with van der Waals surface area (Å²) in [7, 11) is 0. The largest absolute Gasteiger partial charge is 0.446 e. The van der Waals surface area contributed by atoms with Gasteiger partial charge in [0.1, 0.15) is 0 Å². The average molecular weight is 311 g/mol. The first kappa shape index (κ1) is 15.8. The molecule has 21 heavy (non-hydrogen) atoms. The van der Waals surface area contributed by atoms with Crippen LogP contribution in [0.3, 0.4) is 0 Å². The molecule has 0 aliphatic heterocycles. The van der Waals surface area contributed by atoms with Crippen LogP contribution in [-0.2, 0) is 6.42 Å². The van der Waals surface area contributed by atoms with Crippen molar-refractivity contribution in [2.45, 2.75) is 23.2 Å². The number of anilines is 1. The predicted molar refractivity (Wildman–Crippen MR) is 81.6 cm³/mol. The summed E-state index contributed by atoms with van der Waals surface area (Å²) < 4.78 is 37.4. The molecule has 0 heterocycles. The maximum Gasteiger partial charge on any atom is 0.446 e. The molecular formula is C16H16F3NS. The molecule has 0 saturated carbocycles. The number of hydrogen-bond acceptors (Lipinski definition) is 2. The highest BCUT2D eigenvalue weighted by atomic mass is 32.2. The molecule has 0 aromatic heterocycles. The molecular weight excluding hydrogens is 295 g/mol. The van der Waals surface area contributed by atoms with Gasteiger partial charge >= 0.3 is 5.51 Å². The van der Waals surface area contributed by atoms with Crippen molar-refractivity contribution in [3.63, 3.8) is 0 Å². The zero-order valence-corrected chi connectivity index (χ0v) is 12.2. The molecule has 112 valence electrons. The Bertz CT molecular complexity index is 555. The van der Waals surface area contributed by atoms with Crippen molar-refractivity contribution in [1.82, 2.24) is 0 Å². The summed E-state index contributed by atoms with van der Waals surface area (Å²) >= 11 is -0.0807. The first-order valence-electron chi connectivity index (χ1n) is 6.67. The summed E-state index contributed by atoms with van der Waals surface area (Å²) in [5, 5.41) is 3.09. The lowest BCUT2D eigenvalue weighted by molar-refractivity contribution is -0.0327. The van der Waals surface area contributed by atoms with Crippen molar-refractivity contribution in [3.05, 3.63) is 60.2 Å². The zero-order valence-electron chi connectivity index (χ0n) is 11.4. The summed E-state index contributed by atoms with van der Waals surface area (Å²) in [6.45, 7) is 0.643. The third kappa shape index (κ3) is 5.71. The number of benzene rings is 2. The van der Waals surface area contributed by atoms with Crippen LogP contribution in [0.4, 0.5) is 18.9 Å². The Hall–Kier alpha value is -1.62. The Morgan fingerprint density at radius 3 is 2.29 bits per heavy atom. The molecule has 1 N–H and O–H groups in total. The fraction of sp³-hybridized carbons (Fsp3) is 0.250. The number of halogens is 3. The van der Waals surface area contributed by atoms with Crippen molar-refractivity contribution in [3.8, 4) is 0 Å². The van der Waals surface area contributed by atoms with Gasteiger partial charge in [-0.05, 0) is 42.3 Å². The number of nitrogens with one attached hydrogen (secondary N) is 1. The minimum atomic E-state index is -4.26. The molecule has 0 aliphatic rings. The van der Waals surface area contributed by atoms with E-state index >= 15 is 0 Å². The number of alkyl halides is 3. The van der Waals surface area contributed by atoms with Gasteiger partial charge in [-0.15, -0.1) is 0 Å². The number of para-hydroxylation sites is 1. The molecule has 0 saturated heterocycles. The van der Waals surface area contributed by atoms with Crippen LogP contribution in [0.15, 0.2) is 59.5 Å². The van der Waals surface area contributed by atoms with Gasteiger partial charge in [0.05, 0.1) is 0 Å². The minimum Gasteiger partial charge on any atom is -0.384 e. The number of hydrogen-bond donors (Lipinski definition) is 1. The molecule has 5 heteroatoms. The second-order valence-electron chi connectivity index (χ2n) is 4.56. The van der Waals surface area contributed by atoms with Crippen molar-refractivity contribution in [2.75, 3.05) is 11.9 Å². The predicted octanol–water partition coefficient (Wildman–Crippen LogP) is 5.34. The highest BCUT2D eigenvalue weighted by molar-refractivity contribution is 8.00. The summed E-state index contributed by atoms with van der Waals surface area (Å²) in [6, 6.07) is 16.5. The van der Waals surface area contributed by atoms with E-state index in [9.17, 15) is 13.2 Å². The van der Waals surface area contributed by atoms with Crippen LogP contribution in [0, 0.1) is 0 Å². The van der Waals surface area contributed by atoms with Crippen LogP contribution >= 0.6 is 11.8 Å². The Labute approximate surface area is 126 Å². The standard InChI is InChI=1S/C16H16F3NS/c17-16(18,19)21-15-11-5-4-10-14(15)20-12-6-9-13-7-2-1-3-8-13/h1-5,7-8,10-11,20H,6,9,12H2. The second kappa shape index (κ2) is 7.41. The van der Waals surface area contributed by atoms with Crippen LogP contribution in [0.25, 0.3) is 0 Å². The van der Waals surface area contributed by atoms with E-state index in [1.807, 2.05) is 30.3 Å². The Morgan fingerprint density at radius 2 is 1.57 bits per heavy atom. The molecule has 2 rings (SSSR count). The van der Waals surface area contributed by atoms with Gasteiger partial charge in [0.25, 0.3) is 0 Å². The lowest BCUT2D eigenvalue weighted by Crippen LogP contribution is -2.06. The van der Waals surface area contributed by atoms with Crippen LogP contribution in [0.2, 0.25) is 0 Å². The minimum absolute atomic E-state index is 0.0807. The first-order chi connectivity index (χ1) is 10.0. The molecule has 0 fully saturated rings. The Morgan fingerprint density at radius 1 is 0.905 bits per heavy atom. The zero-order chi connectivity index (χ0) is 15.1. The molecule has 1 nitrogen and oxygen atoms in total. The van der Waals surface area contributed by atoms with Gasteiger partial charge in [0.2, 0.25) is 0 Å². The maximum absolute atomic E-state index is 12.5. The smallest absolute Gasteiger partial charge is 0.384 e. The fourth-order valence-corrected chi connectivity index (χ4v) is 2.63. The lowest BCUT2D eigenvalue weighted by Gasteiger charge is -2.12. The highest BCUT2D eigenvalue weighted by Crippen LogP contribution is 2.40. The van der Waals surface area contributed by atoms with E-state index in [2.05, 4.69) is 5.32 Å². The van der Waals surface area contributed by atoms with Crippen LogP contribution in [0.5, 0.6) is 0 Å². The molecule has 0 bridgehead atoms. The molecule has 0 aliphatic carbocycles. The van der Waals surface area contributed by atoms with E-state index in [-0.39, 0.29) is 16.7 Å². The summed E-state index contributed by atoms with van der Waals surface area (Å²) in [6.07, 6.45) is 1.78. The SMILES string of the molecule is FC(F)(F)Sc1ccccc1NCCCc1ccccc1. The monoisotopic (exact) mass is 311 g/mol. The van der Waals surface area contributed by atoms with Gasteiger partial charge in [-0.1, -0.05) is 42.5 Å². The topological polar surface area (TPSA) is 12.0 Å². The van der Waals surface area contributed by atoms with Crippen molar-refractivity contribution >= 4 is 17.4 Å². The van der Waals surface area contributed by atoms with E-state index in [0.29, 0.717) is 12.2 Å². The van der Waals surface area contributed by atoms with Crippen LogP contribution in [-0.4, -0.2) is 12.1 Å². The summed E-state index contributed by atoms with van der Waals surface area (Å²) in [5.41, 5.74) is -2.49. The Kier molecular flexibility index (Phi) is 5.56. The van der Waals surface area contributed by atoms with E-state index in [1.54, 1.807) is 18.2 Å². The first-order valence-corrected chi connectivity index (χ1v) is 7.49. The number of rotatable bonds is 6. The molecule has 2 aromatic rings. The van der Waals surface area contributed by atoms with Crippen LogP contribution in [0.1, 0.15) is 12.0 Å². The lowest BCUT2D eigenvalue weighted by atomic mass is 10.1. The van der Waals surface area contributed by atoms with Crippen molar-refractivity contribution in [2.24, 2.45) is 0 Å². The maximum atomic E-state index is 12.5. The third-order valence-electron chi connectivity index (χ3n) is 2.91. The van der Waals surface area contributed by atoms with E-state index in [1.165, 1.54) is 11.6 Å². The number of aryl methyl sites for hydroxylation is 1. The van der Waals surface area contributed by atoms with Crippen LogP contribution < -0.4 is 5.32 Å². The molecule has 0 unspecified atom stereocenters. The van der Waals surface area contributed by atoms with Gasteiger partial charge in [0, 0.05) is 17.1 Å². The summed E-state index contributed by atoms with van der Waals surface area (Å²) in [5.74, 6) is 0. The van der Waals surface area contributed by atoms with Gasteiger partial charge in [-0.3, -0.25) is 0 Å². The van der Waals surface area contributed by atoms with Crippen molar-refractivity contribution in [1.29, 1.82) is 0 Å². The summed E-state index contributed by atoms with van der Waals surface area (Å²) in [4.78, 5) is 0.213. The van der Waals surface area contributed by atoms with Crippen molar-refractivity contribution < 1.29 is 13.2 Å². The number of thioether (sulfide) groups is 1. The molecule has 0 atom stereocenters. The van der Waals surface area contributed by atoms with E-state index in [4.69, 9.17) is 0 Å². The quantitative estimate of drug-likeness (QED) is 0.570. The third-order valence-corrected chi connectivity index (χ3v) is 3.72. The van der Waals surface area contributed by atoms with E-state index < -0.39 is 5.51 Å². The van der Waals surface area contributed by atoms with Gasteiger partial charge in [0.15, 0.2) is 0 Å². The molecule has 0 spiro atoms.